The van der Waals surface area contributed by atoms with Crippen molar-refractivity contribution in [2.24, 2.45) is 0 Å². The zero-order valence-corrected chi connectivity index (χ0v) is 16.7. The maximum atomic E-state index is 13.7. The molecule has 0 spiro atoms. The maximum absolute atomic E-state index is 13.7. The third-order valence-electron chi connectivity index (χ3n) is 5.48. The number of benzene rings is 1. The van der Waals surface area contributed by atoms with E-state index in [1.807, 2.05) is 45.0 Å². The minimum absolute atomic E-state index is 0.0684. The topological polar surface area (TPSA) is 62.5 Å². The van der Waals surface area contributed by atoms with E-state index in [1.54, 1.807) is 4.90 Å². The molecule has 1 aliphatic rings. The predicted octanol–water partition coefficient (Wildman–Crippen LogP) is 4.50. The number of hydrogen-bond acceptors (Lipinski definition) is 5. The Labute approximate surface area is 165 Å². The van der Waals surface area contributed by atoms with Gasteiger partial charge in [0.15, 0.2) is 0 Å². The Kier molecular flexibility index (Phi) is 5.03. The van der Waals surface area contributed by atoms with Gasteiger partial charge in [0, 0.05) is 25.3 Å². The molecule has 146 valence electrons. The SMILES string of the molecule is CCN(C(=O)c1c(C)oc2ncnc(N3CCCCC3)c12)c1ccccc1C. The summed E-state index contributed by atoms with van der Waals surface area (Å²) in [6.45, 7) is 8.31. The van der Waals surface area contributed by atoms with Crippen molar-refractivity contribution in [3.63, 3.8) is 0 Å². The molecule has 4 rings (SSSR count). The molecule has 3 heterocycles. The van der Waals surface area contributed by atoms with Crippen LogP contribution in [0.2, 0.25) is 0 Å². The normalized spacial score (nSPS) is 14.5. The van der Waals surface area contributed by atoms with E-state index in [1.165, 1.54) is 12.7 Å². The van der Waals surface area contributed by atoms with Crippen LogP contribution in [0.1, 0.15) is 47.9 Å². The van der Waals surface area contributed by atoms with Crippen LogP contribution in [0.15, 0.2) is 35.0 Å². The van der Waals surface area contributed by atoms with Gasteiger partial charge in [-0.3, -0.25) is 4.79 Å². The number of nitrogens with zero attached hydrogens (tertiary/aromatic N) is 4. The van der Waals surface area contributed by atoms with Gasteiger partial charge in [0.05, 0.1) is 10.9 Å². The smallest absolute Gasteiger partial charge is 0.262 e. The molecule has 0 atom stereocenters. The lowest BCUT2D eigenvalue weighted by molar-refractivity contribution is 0.0988. The maximum Gasteiger partial charge on any atom is 0.262 e. The van der Waals surface area contributed by atoms with Crippen LogP contribution in [0, 0.1) is 13.8 Å². The Morgan fingerprint density at radius 1 is 1.14 bits per heavy atom. The van der Waals surface area contributed by atoms with Crippen molar-refractivity contribution < 1.29 is 9.21 Å². The largest absolute Gasteiger partial charge is 0.442 e. The Morgan fingerprint density at radius 2 is 1.89 bits per heavy atom. The van der Waals surface area contributed by atoms with Crippen LogP contribution in [0.5, 0.6) is 0 Å². The van der Waals surface area contributed by atoms with Crippen LogP contribution < -0.4 is 9.80 Å². The zero-order chi connectivity index (χ0) is 19.7. The lowest BCUT2D eigenvalue weighted by Crippen LogP contribution is -2.33. The first-order chi connectivity index (χ1) is 13.6. The lowest BCUT2D eigenvalue weighted by atomic mass is 10.1. The summed E-state index contributed by atoms with van der Waals surface area (Å²) in [7, 11) is 0. The third-order valence-corrected chi connectivity index (χ3v) is 5.48. The number of para-hydroxylation sites is 1. The van der Waals surface area contributed by atoms with Crippen molar-refractivity contribution in [2.45, 2.75) is 40.0 Å². The van der Waals surface area contributed by atoms with Gasteiger partial charge in [0.1, 0.15) is 17.9 Å². The molecule has 0 radical (unpaired) electrons. The summed E-state index contributed by atoms with van der Waals surface area (Å²) in [5.41, 5.74) is 3.04. The molecule has 1 aliphatic heterocycles. The molecule has 2 aromatic heterocycles. The van der Waals surface area contributed by atoms with Crippen LogP contribution in [0.4, 0.5) is 11.5 Å². The summed E-state index contributed by atoms with van der Waals surface area (Å²) in [6, 6.07) is 7.95. The zero-order valence-electron chi connectivity index (χ0n) is 16.7. The van der Waals surface area contributed by atoms with Gasteiger partial charge < -0.3 is 14.2 Å². The number of amides is 1. The molecule has 1 saturated heterocycles. The first-order valence-corrected chi connectivity index (χ1v) is 9.98. The lowest BCUT2D eigenvalue weighted by Gasteiger charge is -2.28. The van der Waals surface area contributed by atoms with E-state index in [-0.39, 0.29) is 5.91 Å². The summed E-state index contributed by atoms with van der Waals surface area (Å²) in [5.74, 6) is 1.33. The molecule has 1 aromatic carbocycles. The van der Waals surface area contributed by atoms with Crippen LogP contribution in [0.25, 0.3) is 11.1 Å². The van der Waals surface area contributed by atoms with Crippen LogP contribution in [-0.4, -0.2) is 35.5 Å². The van der Waals surface area contributed by atoms with Crippen molar-refractivity contribution in [1.82, 2.24) is 9.97 Å². The first-order valence-electron chi connectivity index (χ1n) is 9.98. The second-order valence-electron chi connectivity index (χ2n) is 7.29. The summed E-state index contributed by atoms with van der Waals surface area (Å²) < 4.78 is 5.89. The molecule has 6 heteroatoms. The van der Waals surface area contributed by atoms with Crippen molar-refractivity contribution in [3.8, 4) is 0 Å². The van der Waals surface area contributed by atoms with Gasteiger partial charge >= 0.3 is 0 Å². The Balaban J connectivity index is 1.84. The second kappa shape index (κ2) is 7.62. The number of hydrogen-bond donors (Lipinski definition) is 0. The van der Waals surface area contributed by atoms with E-state index >= 15 is 0 Å². The molecular weight excluding hydrogens is 352 g/mol. The molecule has 0 bridgehead atoms. The van der Waals surface area contributed by atoms with E-state index in [0.29, 0.717) is 23.6 Å². The van der Waals surface area contributed by atoms with Crippen LogP contribution in [-0.2, 0) is 0 Å². The van der Waals surface area contributed by atoms with E-state index in [0.717, 1.165) is 48.4 Å². The number of carbonyl (C=O) groups excluding carboxylic acids is 1. The average molecular weight is 378 g/mol. The monoisotopic (exact) mass is 378 g/mol. The molecule has 6 nitrogen and oxygen atoms in total. The molecule has 1 amide bonds. The summed E-state index contributed by atoms with van der Waals surface area (Å²) in [4.78, 5) is 26.6. The highest BCUT2D eigenvalue weighted by Gasteiger charge is 2.29. The second-order valence-corrected chi connectivity index (χ2v) is 7.29. The fraction of sp³-hybridized carbons (Fsp3) is 0.409. The van der Waals surface area contributed by atoms with E-state index in [4.69, 9.17) is 4.42 Å². The van der Waals surface area contributed by atoms with E-state index in [2.05, 4.69) is 14.9 Å². The Morgan fingerprint density at radius 3 is 2.61 bits per heavy atom. The molecule has 0 unspecified atom stereocenters. The number of rotatable bonds is 4. The highest BCUT2D eigenvalue weighted by Crippen LogP contribution is 2.34. The first kappa shape index (κ1) is 18.5. The summed E-state index contributed by atoms with van der Waals surface area (Å²) in [6.07, 6.45) is 5.03. The van der Waals surface area contributed by atoms with Gasteiger partial charge in [-0.05, 0) is 51.7 Å². The fourth-order valence-electron chi connectivity index (χ4n) is 4.06. The molecule has 0 saturated carbocycles. The van der Waals surface area contributed by atoms with Crippen molar-refractivity contribution >= 4 is 28.5 Å². The Bertz CT molecular complexity index is 1000. The number of aromatic nitrogens is 2. The van der Waals surface area contributed by atoms with Crippen LogP contribution in [0.3, 0.4) is 0 Å². The molecule has 1 fully saturated rings. The average Bonchev–Trinajstić information content (AvgIpc) is 3.06. The highest BCUT2D eigenvalue weighted by atomic mass is 16.3. The number of fused-ring (bicyclic) bond motifs is 1. The van der Waals surface area contributed by atoms with Gasteiger partial charge in [0.25, 0.3) is 5.91 Å². The molecule has 0 aliphatic carbocycles. The number of aryl methyl sites for hydroxylation is 2. The number of anilines is 2. The highest BCUT2D eigenvalue weighted by molar-refractivity contribution is 6.16. The van der Waals surface area contributed by atoms with Gasteiger partial charge in [-0.15, -0.1) is 0 Å². The number of furan rings is 1. The quantitative estimate of drug-likeness (QED) is 0.669. The number of piperidine rings is 1. The summed E-state index contributed by atoms with van der Waals surface area (Å²) in [5, 5.41) is 0.735. The van der Waals surface area contributed by atoms with E-state index < -0.39 is 0 Å². The standard InChI is InChI=1S/C22H26N4O2/c1-4-26(17-11-7-6-10-15(17)2)22(27)18-16(3)28-21-19(18)20(23-14-24-21)25-12-8-5-9-13-25/h6-7,10-11,14H,4-5,8-9,12-13H2,1-3H3. The van der Waals surface area contributed by atoms with E-state index in [9.17, 15) is 4.79 Å². The van der Waals surface area contributed by atoms with Crippen LogP contribution >= 0.6 is 0 Å². The van der Waals surface area contributed by atoms with Gasteiger partial charge in [-0.2, -0.15) is 0 Å². The molecule has 0 N–H and O–H groups in total. The van der Waals surface area contributed by atoms with Gasteiger partial charge in [-0.25, -0.2) is 9.97 Å². The van der Waals surface area contributed by atoms with Gasteiger partial charge in [-0.1, -0.05) is 18.2 Å². The molecule has 3 aromatic rings. The molecule has 28 heavy (non-hydrogen) atoms. The van der Waals surface area contributed by atoms with Crippen molar-refractivity contribution in [1.29, 1.82) is 0 Å². The predicted molar refractivity (Wildman–Crippen MR) is 111 cm³/mol. The Hall–Kier alpha value is -2.89. The minimum Gasteiger partial charge on any atom is -0.442 e. The van der Waals surface area contributed by atoms with Gasteiger partial charge in [0.2, 0.25) is 5.71 Å². The third kappa shape index (κ3) is 3.13. The number of carbonyl (C=O) groups is 1. The summed E-state index contributed by atoms with van der Waals surface area (Å²) >= 11 is 0. The fourth-order valence-corrected chi connectivity index (χ4v) is 4.06. The van der Waals surface area contributed by atoms with Crippen molar-refractivity contribution in [3.05, 3.63) is 47.5 Å². The molecular formula is C22H26N4O2. The minimum atomic E-state index is -0.0684. The van der Waals surface area contributed by atoms with Crippen molar-refractivity contribution in [2.75, 3.05) is 29.4 Å².